The lowest BCUT2D eigenvalue weighted by atomic mass is 10.0. The van der Waals surface area contributed by atoms with E-state index >= 15 is 0 Å². The highest BCUT2D eigenvalue weighted by molar-refractivity contribution is 7.65. The van der Waals surface area contributed by atoms with E-state index in [1.807, 2.05) is 31.5 Å². The van der Waals surface area contributed by atoms with E-state index in [9.17, 15) is 4.79 Å². The second-order valence-corrected chi connectivity index (χ2v) is 12.0. The number of hydrogen-bond donors (Lipinski definition) is 0. The third-order valence-corrected chi connectivity index (χ3v) is 7.48. The Bertz CT molecular complexity index is 545. The Morgan fingerprint density at radius 3 is 1.76 bits per heavy atom. The molecule has 0 aliphatic rings. The number of carbonyl (C=O) groups is 1. The minimum absolute atomic E-state index is 0.217. The Morgan fingerprint density at radius 1 is 0.765 bits per heavy atom. The Kier molecular flexibility index (Phi) is 23.4. The van der Waals surface area contributed by atoms with Crippen molar-refractivity contribution in [3.8, 4) is 0 Å². The fraction of sp³-hybridized carbons (Fsp3) is 0.857. The van der Waals surface area contributed by atoms with Crippen LogP contribution in [-0.2, 0) is 18.5 Å². The van der Waals surface area contributed by atoms with Gasteiger partial charge in [0, 0.05) is 19.9 Å². The predicted molar refractivity (Wildman–Crippen MR) is 148 cm³/mol. The third kappa shape index (κ3) is 23.0. The van der Waals surface area contributed by atoms with Gasteiger partial charge in [-0.1, -0.05) is 103 Å². The highest BCUT2D eigenvalue weighted by atomic mass is 31.2. The fourth-order valence-electron chi connectivity index (χ4n) is 3.61. The number of ether oxygens (including phenoxy) is 2. The molecule has 0 rings (SSSR count). The van der Waals surface area contributed by atoms with Gasteiger partial charge in [-0.05, 0) is 39.4 Å². The van der Waals surface area contributed by atoms with Crippen LogP contribution in [0, 0.1) is 0 Å². The maximum absolute atomic E-state index is 11.9. The van der Waals surface area contributed by atoms with Crippen LogP contribution in [0.3, 0.4) is 0 Å². The van der Waals surface area contributed by atoms with Crippen LogP contribution < -0.4 is 0 Å². The number of carbonyl (C=O) groups excluding carboxylic acids is 1. The first-order chi connectivity index (χ1) is 16.4. The Morgan fingerprint density at radius 2 is 1.26 bits per heavy atom. The maximum Gasteiger partial charge on any atom is 0.513 e. The van der Waals surface area contributed by atoms with Crippen LogP contribution in [0.5, 0.6) is 0 Å². The average Bonchev–Trinajstić information content (AvgIpc) is 2.78. The average molecular weight is 503 g/mol. The van der Waals surface area contributed by atoms with E-state index < -0.39 is 13.5 Å². The summed E-state index contributed by atoms with van der Waals surface area (Å²) in [4.78, 5) is 11.9. The summed E-state index contributed by atoms with van der Waals surface area (Å²) < 4.78 is 22.2. The van der Waals surface area contributed by atoms with Gasteiger partial charge in [-0.3, -0.25) is 0 Å². The second-order valence-electron chi connectivity index (χ2n) is 9.49. The van der Waals surface area contributed by atoms with Crippen molar-refractivity contribution < 1.29 is 23.3 Å². The zero-order chi connectivity index (χ0) is 25.3. The number of rotatable bonds is 23. The number of unbranched alkanes of at least 4 members (excludes halogenated alkanes) is 13. The summed E-state index contributed by atoms with van der Waals surface area (Å²) in [6.45, 7) is 11.6. The Labute approximate surface area is 211 Å². The molecule has 6 heteroatoms. The summed E-state index contributed by atoms with van der Waals surface area (Å²) in [5.74, 6) is 1.82. The van der Waals surface area contributed by atoms with Crippen LogP contribution in [0.1, 0.15) is 124 Å². The van der Waals surface area contributed by atoms with Crippen LogP contribution >= 0.6 is 7.34 Å². The molecule has 1 atom stereocenters. The minimum Gasteiger partial charge on any atom is -0.431 e. The topological polar surface area (TPSA) is 54.0 Å². The molecular weight excluding hydrogens is 447 g/mol. The van der Waals surface area contributed by atoms with Crippen molar-refractivity contribution in [3.63, 3.8) is 0 Å². The first kappa shape index (κ1) is 33.2. The molecule has 0 saturated heterocycles. The number of allylic oxidation sites excluding steroid dienone is 2. The Hall–Kier alpha value is -0.770. The molecule has 5 nitrogen and oxygen atoms in total. The van der Waals surface area contributed by atoms with Gasteiger partial charge in [0.25, 0.3) is 0 Å². The molecule has 202 valence electrons. The summed E-state index contributed by atoms with van der Waals surface area (Å²) in [6, 6.07) is 0. The third-order valence-electron chi connectivity index (χ3n) is 5.56. The molecule has 0 heterocycles. The molecular formula is C28H55O5P. The van der Waals surface area contributed by atoms with Crippen molar-refractivity contribution in [1.82, 2.24) is 0 Å². The van der Waals surface area contributed by atoms with Crippen molar-refractivity contribution in [1.29, 1.82) is 0 Å². The fourth-order valence-corrected chi connectivity index (χ4v) is 5.13. The molecule has 0 aliphatic carbocycles. The summed E-state index contributed by atoms with van der Waals surface area (Å²) in [7, 11) is -2.43. The molecule has 34 heavy (non-hydrogen) atoms. The molecule has 0 radical (unpaired) electrons. The molecule has 0 aromatic carbocycles. The van der Waals surface area contributed by atoms with Crippen molar-refractivity contribution in [3.05, 3.63) is 12.2 Å². The maximum atomic E-state index is 11.9. The molecule has 0 bridgehead atoms. The van der Waals surface area contributed by atoms with E-state index in [0.717, 1.165) is 19.4 Å². The van der Waals surface area contributed by atoms with Gasteiger partial charge in [0.1, 0.15) is 0 Å². The normalized spacial score (nSPS) is 13.4. The van der Waals surface area contributed by atoms with Gasteiger partial charge in [-0.15, -0.1) is 0 Å². The summed E-state index contributed by atoms with van der Waals surface area (Å²) >= 11 is 0. The molecule has 0 amide bonds. The van der Waals surface area contributed by atoms with Crippen LogP contribution in [0.2, 0.25) is 0 Å². The quantitative estimate of drug-likeness (QED) is 0.0791. The van der Waals surface area contributed by atoms with Crippen molar-refractivity contribution in [2.75, 3.05) is 26.5 Å². The van der Waals surface area contributed by atoms with Crippen molar-refractivity contribution >= 4 is 19.3 Å². The zero-order valence-electron chi connectivity index (χ0n) is 23.0. The van der Waals surface area contributed by atoms with Gasteiger partial charge in [0.15, 0.2) is 7.34 Å². The lowest BCUT2D eigenvalue weighted by Crippen LogP contribution is -2.13. The van der Waals surface area contributed by atoms with E-state index in [-0.39, 0.29) is 6.10 Å². The van der Waals surface area contributed by atoms with Gasteiger partial charge < -0.3 is 18.5 Å². The molecule has 0 spiro atoms. The molecule has 0 N–H and O–H groups in total. The molecule has 0 aromatic heterocycles. The minimum atomic E-state index is -2.43. The summed E-state index contributed by atoms with van der Waals surface area (Å²) in [5, 5.41) is 0. The molecule has 0 aromatic rings. The highest BCUT2D eigenvalue weighted by Crippen LogP contribution is 2.45. The molecule has 1 unspecified atom stereocenters. The van der Waals surface area contributed by atoms with E-state index in [4.69, 9.17) is 18.5 Å². The first-order valence-electron chi connectivity index (χ1n) is 13.9. The standard InChI is InChI=1S/C28H55O5P/c1-6-8-10-11-12-13-14-15-16-17-18-19-20-21-23-30-24-22-25-31-34(5,26-9-7-2)33-28(29)32-27(3)4/h7,9,26-27H,6,8,10-25H2,1-5H3. The lowest BCUT2D eigenvalue weighted by Gasteiger charge is -2.21. The van der Waals surface area contributed by atoms with Crippen molar-refractivity contribution in [2.24, 2.45) is 0 Å². The first-order valence-corrected chi connectivity index (χ1v) is 16.0. The van der Waals surface area contributed by atoms with Gasteiger partial charge in [-0.2, -0.15) is 0 Å². The zero-order valence-corrected chi connectivity index (χ0v) is 23.9. The second kappa shape index (κ2) is 23.9. The SMILES string of the molecule is CC=CC=P(C)(OCCCOCCCCCCCCCCCCCCCC)OC(=O)OC(C)C. The van der Waals surface area contributed by atoms with Gasteiger partial charge in [-0.25, -0.2) is 4.79 Å². The molecule has 0 saturated carbocycles. The smallest absolute Gasteiger partial charge is 0.431 e. The number of hydrogen-bond acceptors (Lipinski definition) is 5. The van der Waals surface area contributed by atoms with Gasteiger partial charge in [0.05, 0.1) is 12.7 Å². The van der Waals surface area contributed by atoms with Gasteiger partial charge in [0.2, 0.25) is 0 Å². The Balaban J connectivity index is 3.61. The molecule has 0 aliphatic heterocycles. The van der Waals surface area contributed by atoms with E-state index in [2.05, 4.69) is 6.92 Å². The van der Waals surface area contributed by atoms with Gasteiger partial charge >= 0.3 is 6.16 Å². The lowest BCUT2D eigenvalue weighted by molar-refractivity contribution is 0.0701. The summed E-state index contributed by atoms with van der Waals surface area (Å²) in [5.41, 5.74) is 0. The van der Waals surface area contributed by atoms with Crippen LogP contribution in [0.4, 0.5) is 4.79 Å². The van der Waals surface area contributed by atoms with Crippen molar-refractivity contribution in [2.45, 2.75) is 130 Å². The highest BCUT2D eigenvalue weighted by Gasteiger charge is 2.19. The van der Waals surface area contributed by atoms with E-state index in [1.165, 1.54) is 83.5 Å². The van der Waals surface area contributed by atoms with Crippen LogP contribution in [-0.4, -0.2) is 44.5 Å². The summed E-state index contributed by atoms with van der Waals surface area (Å²) in [6.07, 6.45) is 22.8. The van der Waals surface area contributed by atoms with E-state index in [0.29, 0.717) is 13.2 Å². The van der Waals surface area contributed by atoms with Crippen LogP contribution in [0.25, 0.3) is 0 Å². The van der Waals surface area contributed by atoms with E-state index in [1.54, 1.807) is 13.8 Å². The largest absolute Gasteiger partial charge is 0.513 e. The predicted octanol–water partition coefficient (Wildman–Crippen LogP) is 9.31. The monoisotopic (exact) mass is 502 g/mol. The van der Waals surface area contributed by atoms with Crippen LogP contribution in [0.15, 0.2) is 12.2 Å². The molecule has 0 fully saturated rings.